The fraction of sp³-hybridized carbons (Fsp3) is 1.00. The van der Waals surface area contributed by atoms with E-state index < -0.39 is 35.7 Å². The zero-order valence-electron chi connectivity index (χ0n) is 14.2. The Morgan fingerprint density at radius 1 is 1.00 bits per heavy atom. The highest BCUT2D eigenvalue weighted by molar-refractivity contribution is 5.26. The smallest absolute Gasteiger partial charge is 0.374 e. The van der Waals surface area contributed by atoms with Crippen LogP contribution < -0.4 is 0 Å². The summed E-state index contributed by atoms with van der Waals surface area (Å²) in [5.41, 5.74) is -5.04. The first-order chi connectivity index (χ1) is 10.6. The molecule has 0 saturated heterocycles. The Morgan fingerprint density at radius 2 is 1.50 bits per heavy atom. The molecular weight excluding hydrogens is 334 g/mol. The lowest BCUT2D eigenvalue weighted by Gasteiger charge is -2.40. The Bertz CT molecular complexity index is 517. The largest absolute Gasteiger partial charge is 0.426 e. The Kier molecular flexibility index (Phi) is 3.53. The summed E-state index contributed by atoms with van der Waals surface area (Å²) >= 11 is 0. The molecule has 3 fully saturated rings. The predicted molar refractivity (Wildman–Crippen MR) is 75.9 cm³/mol. The molecule has 3 aliphatic rings. The van der Waals surface area contributed by atoms with E-state index in [4.69, 9.17) is 0 Å². The Balaban J connectivity index is 1.88. The van der Waals surface area contributed by atoms with Crippen LogP contribution in [0.4, 0.5) is 26.3 Å². The van der Waals surface area contributed by atoms with Crippen LogP contribution in [-0.2, 0) is 0 Å². The summed E-state index contributed by atoms with van der Waals surface area (Å²) in [7, 11) is 0. The third kappa shape index (κ3) is 2.12. The molecule has 140 valence electrons. The molecule has 0 heterocycles. The van der Waals surface area contributed by atoms with E-state index in [0.29, 0.717) is 18.8 Å². The first-order valence-corrected chi connectivity index (χ1v) is 8.43. The van der Waals surface area contributed by atoms with Gasteiger partial charge in [-0.2, -0.15) is 26.3 Å². The summed E-state index contributed by atoms with van der Waals surface area (Å²) < 4.78 is 78.2. The van der Waals surface area contributed by atoms with Crippen molar-refractivity contribution in [2.45, 2.75) is 64.9 Å². The molecule has 6 atom stereocenters. The van der Waals surface area contributed by atoms with Crippen LogP contribution in [0.5, 0.6) is 0 Å². The molecule has 7 heteroatoms. The number of rotatable bonds is 2. The highest BCUT2D eigenvalue weighted by Gasteiger charge is 2.81. The van der Waals surface area contributed by atoms with Crippen molar-refractivity contribution < 1.29 is 31.4 Å². The van der Waals surface area contributed by atoms with Crippen molar-refractivity contribution in [3.63, 3.8) is 0 Å². The first kappa shape index (κ1) is 18.3. The van der Waals surface area contributed by atoms with Crippen molar-refractivity contribution in [2.24, 2.45) is 40.4 Å². The van der Waals surface area contributed by atoms with Crippen LogP contribution in [0.15, 0.2) is 0 Å². The van der Waals surface area contributed by atoms with E-state index in [1.807, 2.05) is 6.92 Å². The van der Waals surface area contributed by atoms with Crippen LogP contribution in [0.3, 0.4) is 0 Å². The van der Waals surface area contributed by atoms with Crippen molar-refractivity contribution in [1.82, 2.24) is 0 Å². The summed E-state index contributed by atoms with van der Waals surface area (Å²) in [4.78, 5) is 0. The number of alkyl halides is 6. The lowest BCUT2D eigenvalue weighted by atomic mass is 9.67. The molecule has 0 aromatic rings. The Morgan fingerprint density at radius 3 is 1.92 bits per heavy atom. The van der Waals surface area contributed by atoms with Crippen molar-refractivity contribution in [3.05, 3.63) is 0 Å². The lowest BCUT2D eigenvalue weighted by Crippen LogP contribution is -2.58. The van der Waals surface area contributed by atoms with Gasteiger partial charge in [-0.25, -0.2) is 0 Å². The van der Waals surface area contributed by atoms with Crippen LogP contribution in [-0.4, -0.2) is 23.1 Å². The summed E-state index contributed by atoms with van der Waals surface area (Å²) in [5, 5.41) is 9.57. The number of fused-ring (bicyclic) bond motifs is 1. The topological polar surface area (TPSA) is 20.2 Å². The van der Waals surface area contributed by atoms with Gasteiger partial charge in [-0.05, 0) is 59.7 Å². The van der Waals surface area contributed by atoms with Gasteiger partial charge in [-0.15, -0.1) is 0 Å². The molecule has 6 unspecified atom stereocenters. The second-order valence-corrected chi connectivity index (χ2v) is 9.28. The van der Waals surface area contributed by atoms with Gasteiger partial charge in [0, 0.05) is 0 Å². The minimum Gasteiger partial charge on any atom is -0.374 e. The number of hydrogen-bond acceptors (Lipinski definition) is 1. The van der Waals surface area contributed by atoms with Crippen LogP contribution >= 0.6 is 0 Å². The van der Waals surface area contributed by atoms with Crippen molar-refractivity contribution in [3.8, 4) is 0 Å². The highest BCUT2D eigenvalue weighted by Crippen LogP contribution is 2.84. The Labute approximate surface area is 137 Å². The molecule has 3 rings (SSSR count). The standard InChI is InChI=1S/C17H24F6O/c1-8-11-12(13(2,3)4)9-5-10(14(8,11)6-9)7-15(24,16(18,19)20)17(21,22)23/h8-12,24H,5-7H2,1-4H3. The molecule has 0 aliphatic heterocycles. The molecule has 0 amide bonds. The van der Waals surface area contributed by atoms with Gasteiger partial charge in [0.15, 0.2) is 0 Å². The monoisotopic (exact) mass is 358 g/mol. The second-order valence-electron chi connectivity index (χ2n) is 9.28. The predicted octanol–water partition coefficient (Wildman–Crippen LogP) is 5.19. The van der Waals surface area contributed by atoms with E-state index in [9.17, 15) is 31.4 Å². The van der Waals surface area contributed by atoms with Crippen LogP contribution in [0.1, 0.15) is 47.0 Å². The average molecular weight is 358 g/mol. The van der Waals surface area contributed by atoms with E-state index in [1.54, 1.807) is 0 Å². The first-order valence-electron chi connectivity index (χ1n) is 8.43. The van der Waals surface area contributed by atoms with Crippen LogP contribution in [0.25, 0.3) is 0 Å². The van der Waals surface area contributed by atoms with Gasteiger partial charge in [-0.3, -0.25) is 0 Å². The quantitative estimate of drug-likeness (QED) is 0.674. The average Bonchev–Trinajstić information content (AvgIpc) is 2.70. The maximum absolute atomic E-state index is 13.0. The maximum atomic E-state index is 13.0. The molecule has 24 heavy (non-hydrogen) atoms. The van der Waals surface area contributed by atoms with E-state index in [0.717, 1.165) is 0 Å². The lowest BCUT2D eigenvalue weighted by molar-refractivity contribution is -0.373. The van der Waals surface area contributed by atoms with E-state index >= 15 is 0 Å². The molecule has 0 aromatic heterocycles. The normalized spacial score (nSPS) is 42.4. The molecule has 2 bridgehead atoms. The SMILES string of the molecule is CC1C2C(C(C)(C)C)C3CC(CC(O)(C(F)(F)F)C(F)(F)F)C12C3. The maximum Gasteiger partial charge on any atom is 0.426 e. The van der Waals surface area contributed by atoms with Crippen LogP contribution in [0.2, 0.25) is 0 Å². The van der Waals surface area contributed by atoms with Gasteiger partial charge >= 0.3 is 12.4 Å². The van der Waals surface area contributed by atoms with Gasteiger partial charge in [0.2, 0.25) is 0 Å². The fourth-order valence-corrected chi connectivity index (χ4v) is 6.43. The summed E-state index contributed by atoms with van der Waals surface area (Å²) in [6.45, 7) is 8.22. The molecule has 1 spiro atoms. The summed E-state index contributed by atoms with van der Waals surface area (Å²) in [6, 6.07) is 0. The molecule has 3 saturated carbocycles. The van der Waals surface area contributed by atoms with Crippen molar-refractivity contribution in [2.75, 3.05) is 0 Å². The van der Waals surface area contributed by atoms with E-state index in [1.165, 1.54) is 0 Å². The second kappa shape index (κ2) is 4.63. The number of aliphatic hydroxyl groups is 1. The van der Waals surface area contributed by atoms with Gasteiger partial charge in [-0.1, -0.05) is 27.7 Å². The van der Waals surface area contributed by atoms with Crippen LogP contribution in [0, 0.1) is 40.4 Å². The zero-order chi connectivity index (χ0) is 18.5. The molecular formula is C17H24F6O. The molecule has 0 aromatic carbocycles. The molecule has 0 radical (unpaired) electrons. The summed E-state index contributed by atoms with van der Waals surface area (Å²) in [6.07, 6.45) is -11.6. The summed E-state index contributed by atoms with van der Waals surface area (Å²) in [5.74, 6) is 0.119. The van der Waals surface area contributed by atoms with Gasteiger partial charge < -0.3 is 5.11 Å². The van der Waals surface area contributed by atoms with E-state index in [-0.39, 0.29) is 23.2 Å². The van der Waals surface area contributed by atoms with E-state index in [2.05, 4.69) is 20.8 Å². The molecule has 1 N–H and O–H groups in total. The third-order valence-electron chi connectivity index (χ3n) is 7.24. The van der Waals surface area contributed by atoms with Gasteiger partial charge in [0.1, 0.15) is 0 Å². The Hall–Kier alpha value is -0.460. The highest BCUT2D eigenvalue weighted by atomic mass is 19.4. The third-order valence-corrected chi connectivity index (χ3v) is 7.24. The van der Waals surface area contributed by atoms with Crippen molar-refractivity contribution in [1.29, 1.82) is 0 Å². The minimum absolute atomic E-state index is 0.00281. The zero-order valence-corrected chi connectivity index (χ0v) is 14.2. The minimum atomic E-state index is -5.71. The van der Waals surface area contributed by atoms with Crippen molar-refractivity contribution >= 4 is 0 Å². The fourth-order valence-electron chi connectivity index (χ4n) is 6.43. The number of halogens is 6. The van der Waals surface area contributed by atoms with Gasteiger partial charge in [0.25, 0.3) is 5.60 Å². The molecule has 3 aliphatic carbocycles. The number of hydrogen-bond donors (Lipinski definition) is 1. The van der Waals surface area contributed by atoms with Gasteiger partial charge in [0.05, 0.1) is 0 Å². The molecule has 1 nitrogen and oxygen atoms in total.